The molecule has 3 heterocycles. The molecule has 1 aromatic carbocycles. The second-order valence-corrected chi connectivity index (χ2v) is 16.7. The SMILES string of the molecule is CCCCCCCCCCCCCCCCCCOC[C@H](COP(=O)(O)OC[C@H]1O[C@@](C#N)(c2ccc3c(N)ccnn23)[C@H](O)[C@@H]1O)Oc1cc(OC)c(C#N)c(OC)c1. The van der Waals surface area contributed by atoms with E-state index in [1.54, 1.807) is 12.1 Å². The zero-order chi connectivity index (χ0) is 43.4. The molecule has 332 valence electrons. The van der Waals surface area contributed by atoms with E-state index < -0.39 is 51.1 Å². The predicted molar refractivity (Wildman–Crippen MR) is 225 cm³/mol. The van der Waals surface area contributed by atoms with Crippen molar-refractivity contribution in [3.8, 4) is 29.4 Å². The lowest BCUT2D eigenvalue weighted by Gasteiger charge is -2.24. The van der Waals surface area contributed by atoms with Crippen LogP contribution < -0.4 is 19.9 Å². The molecule has 0 bridgehead atoms. The molecule has 16 nitrogen and oxygen atoms in total. The van der Waals surface area contributed by atoms with Crippen LogP contribution in [0.4, 0.5) is 5.69 Å². The minimum Gasteiger partial charge on any atom is -0.495 e. The Labute approximate surface area is 354 Å². The highest BCUT2D eigenvalue weighted by atomic mass is 31.2. The Morgan fingerprint density at radius 3 is 2.02 bits per heavy atom. The van der Waals surface area contributed by atoms with Crippen molar-refractivity contribution < 1.29 is 52.4 Å². The minimum atomic E-state index is -4.85. The van der Waals surface area contributed by atoms with Gasteiger partial charge in [0.2, 0.25) is 5.60 Å². The average molecular weight is 858 g/mol. The largest absolute Gasteiger partial charge is 0.495 e. The second-order valence-electron chi connectivity index (χ2n) is 15.2. The Morgan fingerprint density at radius 1 is 0.883 bits per heavy atom. The van der Waals surface area contributed by atoms with Gasteiger partial charge in [-0.1, -0.05) is 103 Å². The molecule has 3 aromatic rings. The number of nitrogen functional groups attached to an aromatic ring is 1. The number of phosphoric acid groups is 1. The van der Waals surface area contributed by atoms with Crippen LogP contribution in [-0.4, -0.2) is 89.8 Å². The molecule has 2 aromatic heterocycles. The molecular weight excluding hydrogens is 793 g/mol. The Hall–Kier alpha value is -3.96. The van der Waals surface area contributed by atoms with Gasteiger partial charge in [-0.05, 0) is 24.6 Å². The molecule has 0 amide bonds. The lowest BCUT2D eigenvalue weighted by atomic mass is 9.92. The van der Waals surface area contributed by atoms with E-state index in [1.165, 1.54) is 127 Å². The molecular formula is C43H64N5O11P. The summed E-state index contributed by atoms with van der Waals surface area (Å²) in [5.74, 6) is 0.638. The molecule has 5 N–H and O–H groups in total. The highest BCUT2D eigenvalue weighted by Gasteiger charge is 2.58. The van der Waals surface area contributed by atoms with Crippen LogP contribution in [0.15, 0.2) is 36.5 Å². The van der Waals surface area contributed by atoms with Gasteiger partial charge in [-0.2, -0.15) is 15.6 Å². The Kier molecular flexibility index (Phi) is 20.4. The summed E-state index contributed by atoms with van der Waals surface area (Å²) < 4.78 is 53.6. The van der Waals surface area contributed by atoms with Crippen LogP contribution in [0.1, 0.15) is 121 Å². The fourth-order valence-electron chi connectivity index (χ4n) is 7.36. The number of nitrogens with two attached hydrogens (primary N) is 1. The second kappa shape index (κ2) is 25.1. The summed E-state index contributed by atoms with van der Waals surface area (Å²) in [4.78, 5) is 10.7. The first kappa shape index (κ1) is 48.7. The number of hydrogen-bond acceptors (Lipinski definition) is 14. The van der Waals surface area contributed by atoms with Gasteiger partial charge < -0.3 is 44.5 Å². The summed E-state index contributed by atoms with van der Waals surface area (Å²) in [7, 11) is -2.04. The third-order valence-corrected chi connectivity index (χ3v) is 11.7. The molecule has 60 heavy (non-hydrogen) atoms. The number of phosphoric ester groups is 1. The van der Waals surface area contributed by atoms with E-state index in [2.05, 4.69) is 12.0 Å². The van der Waals surface area contributed by atoms with Gasteiger partial charge in [0.05, 0.1) is 50.9 Å². The average Bonchev–Trinajstić information content (AvgIpc) is 3.80. The highest BCUT2D eigenvalue weighted by molar-refractivity contribution is 7.47. The van der Waals surface area contributed by atoms with Crippen molar-refractivity contribution in [2.75, 3.05) is 46.4 Å². The number of benzene rings is 1. The van der Waals surface area contributed by atoms with Crippen LogP contribution in [0, 0.1) is 22.7 Å². The maximum atomic E-state index is 13.2. The summed E-state index contributed by atoms with van der Waals surface area (Å²) in [6.45, 7) is 1.47. The van der Waals surface area contributed by atoms with Gasteiger partial charge in [-0.3, -0.25) is 9.05 Å². The molecule has 1 aliphatic rings. The van der Waals surface area contributed by atoms with Gasteiger partial charge in [0.15, 0.2) is 0 Å². The fraction of sp³-hybridized carbons (Fsp3) is 0.651. The van der Waals surface area contributed by atoms with E-state index in [-0.39, 0.29) is 35.1 Å². The summed E-state index contributed by atoms with van der Waals surface area (Å²) in [6, 6.07) is 11.6. The maximum Gasteiger partial charge on any atom is 0.472 e. The molecule has 4 rings (SSSR count). The molecule has 0 spiro atoms. The van der Waals surface area contributed by atoms with E-state index >= 15 is 0 Å². The van der Waals surface area contributed by atoms with E-state index in [9.17, 15) is 30.2 Å². The van der Waals surface area contributed by atoms with Crippen LogP contribution in [0.25, 0.3) is 5.52 Å². The topological polar surface area (TPSA) is 233 Å². The quantitative estimate of drug-likeness (QED) is 0.0375. The molecule has 1 fully saturated rings. The van der Waals surface area contributed by atoms with Crippen LogP contribution in [0.3, 0.4) is 0 Å². The summed E-state index contributed by atoms with van der Waals surface area (Å²) in [5, 5.41) is 45.9. The third-order valence-electron chi connectivity index (χ3n) is 10.8. The number of methoxy groups -OCH3 is 2. The fourth-order valence-corrected chi connectivity index (χ4v) is 8.12. The van der Waals surface area contributed by atoms with E-state index in [0.717, 1.165) is 19.3 Å². The van der Waals surface area contributed by atoms with Gasteiger partial charge in [0, 0.05) is 24.9 Å². The molecule has 1 saturated heterocycles. The maximum absolute atomic E-state index is 13.2. The highest BCUT2D eigenvalue weighted by Crippen LogP contribution is 2.46. The lowest BCUT2D eigenvalue weighted by molar-refractivity contribution is -0.0651. The summed E-state index contributed by atoms with van der Waals surface area (Å²) in [5.41, 5.74) is 5.00. The van der Waals surface area contributed by atoms with Gasteiger partial charge in [-0.25, -0.2) is 9.08 Å². The Bertz CT molecular complexity index is 1860. The first-order chi connectivity index (χ1) is 29.0. The number of nitrogens with zero attached hydrogens (tertiary/aromatic N) is 4. The van der Waals surface area contributed by atoms with Gasteiger partial charge in [0.1, 0.15) is 59.4 Å². The molecule has 17 heteroatoms. The predicted octanol–water partition coefficient (Wildman–Crippen LogP) is 7.50. The molecule has 6 atom stereocenters. The Morgan fingerprint density at radius 2 is 1.47 bits per heavy atom. The van der Waals surface area contributed by atoms with Crippen LogP contribution in [0.2, 0.25) is 0 Å². The van der Waals surface area contributed by atoms with Crippen molar-refractivity contribution in [2.24, 2.45) is 0 Å². The first-order valence-corrected chi connectivity index (χ1v) is 22.7. The van der Waals surface area contributed by atoms with Crippen molar-refractivity contribution in [3.63, 3.8) is 0 Å². The summed E-state index contributed by atoms with van der Waals surface area (Å²) in [6.07, 6.45) is 15.7. The van der Waals surface area contributed by atoms with Crippen molar-refractivity contribution in [3.05, 3.63) is 47.8 Å². The van der Waals surface area contributed by atoms with E-state index in [0.29, 0.717) is 17.8 Å². The first-order valence-electron chi connectivity index (χ1n) is 21.2. The molecule has 1 aliphatic heterocycles. The van der Waals surface area contributed by atoms with Crippen molar-refractivity contribution >= 4 is 19.0 Å². The Balaban J connectivity index is 1.26. The standard InChI is InChI=1S/C43H64N5O11P/c1-4-5-6-7-8-9-10-11-12-13-14-15-16-17-18-19-24-55-28-33(58-32-25-37(53-2)34(27-44)38(26-32)54-3)29-56-60(51,52)57-30-39-41(49)42(50)43(31-45,59-39)40-21-20-36-35(46)22-23-47-48(36)40/h20-23,25-26,33,39,41-42,49-50H,4-19,24,28-30,46H2,1-3H3,(H,51,52)/t33-,39-,41-,42-,43+/m1/s1. The monoisotopic (exact) mass is 857 g/mol. The number of anilines is 1. The lowest BCUT2D eigenvalue weighted by Crippen LogP contribution is -2.41. The number of aliphatic hydroxyl groups is 2. The number of hydrogen-bond donors (Lipinski definition) is 4. The molecule has 1 unspecified atom stereocenters. The van der Waals surface area contributed by atoms with Crippen molar-refractivity contribution in [1.82, 2.24) is 9.61 Å². The van der Waals surface area contributed by atoms with Gasteiger partial charge >= 0.3 is 7.82 Å². The number of unbranched alkanes of at least 4 members (excludes halogenated alkanes) is 15. The van der Waals surface area contributed by atoms with E-state index in [1.807, 2.05) is 12.1 Å². The van der Waals surface area contributed by atoms with Gasteiger partial charge in [0.25, 0.3) is 0 Å². The van der Waals surface area contributed by atoms with Crippen molar-refractivity contribution in [1.29, 1.82) is 10.5 Å². The normalized spacial score (nSPS) is 20.4. The van der Waals surface area contributed by atoms with Crippen LogP contribution in [-0.2, 0) is 28.7 Å². The number of aromatic nitrogens is 2. The number of nitriles is 2. The van der Waals surface area contributed by atoms with Crippen LogP contribution in [0.5, 0.6) is 17.2 Å². The zero-order valence-electron chi connectivity index (χ0n) is 35.3. The third kappa shape index (κ3) is 13.8. The molecule has 0 aliphatic carbocycles. The van der Waals surface area contributed by atoms with Crippen LogP contribution >= 0.6 is 7.82 Å². The zero-order valence-corrected chi connectivity index (χ0v) is 36.2. The molecule has 0 saturated carbocycles. The van der Waals surface area contributed by atoms with Gasteiger partial charge in [-0.15, -0.1) is 0 Å². The number of fused-ring (bicyclic) bond motifs is 1. The van der Waals surface area contributed by atoms with Crippen molar-refractivity contribution in [2.45, 2.75) is 140 Å². The summed E-state index contributed by atoms with van der Waals surface area (Å²) >= 11 is 0. The number of ether oxygens (including phenoxy) is 5. The minimum absolute atomic E-state index is 0.0193. The number of aliphatic hydroxyl groups excluding tert-OH is 2. The molecule has 0 radical (unpaired) electrons. The number of rotatable bonds is 30. The smallest absolute Gasteiger partial charge is 0.472 e. The van der Waals surface area contributed by atoms with E-state index in [4.69, 9.17) is 38.5 Å².